The molecular formula is C31H25N3O2S3. The van der Waals surface area contributed by atoms with Gasteiger partial charge in [0, 0.05) is 38.5 Å². The summed E-state index contributed by atoms with van der Waals surface area (Å²) < 4.78 is 3.75. The Balaban J connectivity index is 1.37. The quantitative estimate of drug-likeness (QED) is 0.112. The number of thiophene rings is 2. The Kier molecular flexibility index (Phi) is 6.85. The van der Waals surface area contributed by atoms with Crippen LogP contribution in [0.15, 0.2) is 93.5 Å². The Hall–Kier alpha value is -3.72. The lowest BCUT2D eigenvalue weighted by atomic mass is 10.2. The van der Waals surface area contributed by atoms with E-state index in [2.05, 4.69) is 35.8 Å². The monoisotopic (exact) mass is 567 g/mol. The van der Waals surface area contributed by atoms with E-state index in [9.17, 15) is 9.59 Å². The molecule has 0 atom stereocenters. The van der Waals surface area contributed by atoms with Gasteiger partial charge in [0.15, 0.2) is 10.9 Å². The number of hydrogen-bond acceptors (Lipinski definition) is 6. The highest BCUT2D eigenvalue weighted by molar-refractivity contribution is 7.99. The minimum Gasteiger partial charge on any atom is -0.318 e. The number of aromatic nitrogens is 3. The number of carbonyl (C=O) groups is 1. The standard InChI is InChI=1S/C31H25N3O2S3/c1-19-11-13-23(14-12-19)33-20(2)16-24(21(33)3)26(35)18-39-31-32-29-28(25(17-38-29)27-10-7-15-37-27)30(36)34(31)22-8-5-4-6-9-22/h4-17H,18H2,1-3H3. The maximum Gasteiger partial charge on any atom is 0.268 e. The first-order valence-electron chi connectivity index (χ1n) is 12.5. The van der Waals surface area contributed by atoms with Gasteiger partial charge >= 0.3 is 0 Å². The number of nitrogens with zero attached hydrogens (tertiary/aromatic N) is 3. The topological polar surface area (TPSA) is 56.9 Å². The lowest BCUT2D eigenvalue weighted by molar-refractivity contribution is 0.102. The average Bonchev–Trinajstić information content (AvgIpc) is 3.68. The summed E-state index contributed by atoms with van der Waals surface area (Å²) >= 11 is 4.37. The third kappa shape index (κ3) is 4.69. The number of benzene rings is 2. The van der Waals surface area contributed by atoms with Crippen LogP contribution in [0.1, 0.15) is 27.3 Å². The molecule has 39 heavy (non-hydrogen) atoms. The van der Waals surface area contributed by atoms with E-state index in [4.69, 9.17) is 4.98 Å². The average molecular weight is 568 g/mol. The molecule has 0 unspecified atom stereocenters. The molecule has 0 aliphatic heterocycles. The fourth-order valence-corrected chi connectivity index (χ4v) is 7.53. The van der Waals surface area contributed by atoms with E-state index in [0.717, 1.165) is 33.2 Å². The molecule has 5 nitrogen and oxygen atoms in total. The highest BCUT2D eigenvalue weighted by atomic mass is 32.2. The van der Waals surface area contributed by atoms with Crippen LogP contribution in [-0.4, -0.2) is 25.7 Å². The van der Waals surface area contributed by atoms with Gasteiger partial charge in [-0.05, 0) is 62.5 Å². The zero-order chi connectivity index (χ0) is 27.1. The predicted molar refractivity (Wildman–Crippen MR) is 164 cm³/mol. The number of fused-ring (bicyclic) bond motifs is 1. The van der Waals surface area contributed by atoms with Gasteiger partial charge < -0.3 is 4.57 Å². The van der Waals surface area contributed by atoms with Gasteiger partial charge in [0.05, 0.1) is 16.8 Å². The van der Waals surface area contributed by atoms with E-state index in [-0.39, 0.29) is 17.1 Å². The molecule has 0 saturated heterocycles. The maximum atomic E-state index is 14.0. The molecular weight excluding hydrogens is 543 g/mol. The molecule has 0 bridgehead atoms. The van der Waals surface area contributed by atoms with Crippen molar-refractivity contribution in [1.29, 1.82) is 0 Å². The molecule has 8 heteroatoms. The van der Waals surface area contributed by atoms with Crippen molar-refractivity contribution in [2.75, 3.05) is 5.75 Å². The maximum absolute atomic E-state index is 14.0. The predicted octanol–water partition coefficient (Wildman–Crippen LogP) is 7.87. The number of aryl methyl sites for hydroxylation is 2. The molecule has 6 aromatic rings. The Morgan fingerprint density at radius 2 is 1.64 bits per heavy atom. The van der Waals surface area contributed by atoms with Crippen LogP contribution in [0.5, 0.6) is 0 Å². The van der Waals surface area contributed by atoms with Gasteiger partial charge in [-0.3, -0.25) is 14.2 Å². The van der Waals surface area contributed by atoms with Crippen molar-refractivity contribution in [2.45, 2.75) is 25.9 Å². The first-order chi connectivity index (χ1) is 18.9. The van der Waals surface area contributed by atoms with Crippen molar-refractivity contribution < 1.29 is 4.79 Å². The number of rotatable bonds is 7. The minimum absolute atomic E-state index is 0.00544. The Morgan fingerprint density at radius 1 is 0.897 bits per heavy atom. The molecule has 4 heterocycles. The number of ketones is 1. The number of thioether (sulfide) groups is 1. The summed E-state index contributed by atoms with van der Waals surface area (Å²) in [5.41, 5.74) is 6.34. The summed E-state index contributed by atoms with van der Waals surface area (Å²) in [5.74, 6) is 0.178. The number of para-hydroxylation sites is 1. The first kappa shape index (κ1) is 25.6. The van der Waals surface area contributed by atoms with Crippen LogP contribution in [0, 0.1) is 20.8 Å². The molecule has 0 aliphatic carbocycles. The van der Waals surface area contributed by atoms with Gasteiger partial charge in [0.25, 0.3) is 5.56 Å². The summed E-state index contributed by atoms with van der Waals surface area (Å²) in [6.45, 7) is 6.05. The molecule has 4 aromatic heterocycles. The number of hydrogen-bond donors (Lipinski definition) is 0. The lowest BCUT2D eigenvalue weighted by Gasteiger charge is -2.12. The third-order valence-electron chi connectivity index (χ3n) is 6.73. The van der Waals surface area contributed by atoms with Crippen LogP contribution in [0.25, 0.3) is 32.0 Å². The van der Waals surface area contributed by atoms with Gasteiger partial charge in [0.2, 0.25) is 0 Å². The van der Waals surface area contributed by atoms with Gasteiger partial charge in [0.1, 0.15) is 4.83 Å². The zero-order valence-electron chi connectivity index (χ0n) is 21.7. The van der Waals surface area contributed by atoms with Crippen molar-refractivity contribution in [3.05, 3.63) is 116 Å². The van der Waals surface area contributed by atoms with Crippen molar-refractivity contribution in [3.63, 3.8) is 0 Å². The van der Waals surface area contributed by atoms with Gasteiger partial charge in [-0.15, -0.1) is 22.7 Å². The van der Waals surface area contributed by atoms with Crippen LogP contribution in [-0.2, 0) is 0 Å². The van der Waals surface area contributed by atoms with Crippen LogP contribution < -0.4 is 5.56 Å². The summed E-state index contributed by atoms with van der Waals surface area (Å²) in [6.07, 6.45) is 0. The molecule has 0 radical (unpaired) electrons. The van der Waals surface area contributed by atoms with E-state index in [1.54, 1.807) is 15.9 Å². The fourth-order valence-electron chi connectivity index (χ4n) is 4.83. The molecule has 194 valence electrons. The second kappa shape index (κ2) is 10.4. The molecule has 0 N–H and O–H groups in total. The summed E-state index contributed by atoms with van der Waals surface area (Å²) in [4.78, 5) is 34.1. The summed E-state index contributed by atoms with van der Waals surface area (Å²) in [5, 5.41) is 5.13. The van der Waals surface area contributed by atoms with E-state index in [0.29, 0.717) is 20.9 Å². The molecule has 0 amide bonds. The van der Waals surface area contributed by atoms with E-state index < -0.39 is 0 Å². The van der Waals surface area contributed by atoms with Crippen molar-refractivity contribution >= 4 is 50.4 Å². The molecule has 0 aliphatic rings. The van der Waals surface area contributed by atoms with Gasteiger partial charge in [-0.25, -0.2) is 4.98 Å². The lowest BCUT2D eigenvalue weighted by Crippen LogP contribution is -2.22. The Morgan fingerprint density at radius 3 is 2.36 bits per heavy atom. The smallest absolute Gasteiger partial charge is 0.268 e. The second-order valence-electron chi connectivity index (χ2n) is 9.34. The summed E-state index contributed by atoms with van der Waals surface area (Å²) in [7, 11) is 0. The highest BCUT2D eigenvalue weighted by Crippen LogP contribution is 2.35. The van der Waals surface area contributed by atoms with Crippen LogP contribution in [0.3, 0.4) is 0 Å². The number of carbonyl (C=O) groups excluding carboxylic acids is 1. The van der Waals surface area contributed by atoms with Crippen molar-refractivity contribution in [3.8, 4) is 21.8 Å². The SMILES string of the molecule is Cc1ccc(-n2c(C)cc(C(=O)CSc3nc4scc(-c5cccs5)c4c(=O)n3-c3ccccc3)c2C)cc1. The highest BCUT2D eigenvalue weighted by Gasteiger charge is 2.21. The minimum atomic E-state index is -0.122. The summed E-state index contributed by atoms with van der Waals surface area (Å²) in [6, 6.07) is 23.8. The molecule has 0 saturated carbocycles. The van der Waals surface area contributed by atoms with Crippen molar-refractivity contribution in [2.24, 2.45) is 0 Å². The fraction of sp³-hybridized carbons (Fsp3) is 0.129. The van der Waals surface area contributed by atoms with Gasteiger partial charge in [-0.1, -0.05) is 53.7 Å². The Bertz CT molecular complexity index is 1860. The molecule has 2 aromatic carbocycles. The molecule has 0 spiro atoms. The number of Topliss-reactive ketones (excluding diaryl/α,β-unsaturated/α-hetero) is 1. The van der Waals surface area contributed by atoms with E-state index >= 15 is 0 Å². The normalized spacial score (nSPS) is 11.4. The Labute approximate surface area is 238 Å². The van der Waals surface area contributed by atoms with E-state index in [1.165, 1.54) is 28.7 Å². The zero-order valence-corrected chi connectivity index (χ0v) is 24.1. The first-order valence-corrected chi connectivity index (χ1v) is 15.2. The second-order valence-corrected chi connectivity index (χ2v) is 12.1. The van der Waals surface area contributed by atoms with Crippen LogP contribution in [0.4, 0.5) is 0 Å². The van der Waals surface area contributed by atoms with Gasteiger partial charge in [-0.2, -0.15) is 0 Å². The van der Waals surface area contributed by atoms with Crippen LogP contribution in [0.2, 0.25) is 0 Å². The van der Waals surface area contributed by atoms with E-state index in [1.807, 2.05) is 73.1 Å². The van der Waals surface area contributed by atoms with Crippen LogP contribution >= 0.6 is 34.4 Å². The van der Waals surface area contributed by atoms with Crippen molar-refractivity contribution in [1.82, 2.24) is 14.1 Å². The largest absolute Gasteiger partial charge is 0.318 e. The molecule has 0 fully saturated rings. The molecule has 6 rings (SSSR count). The third-order valence-corrected chi connectivity index (χ3v) is 9.45.